The fourth-order valence-corrected chi connectivity index (χ4v) is 6.81. The maximum atomic E-state index is 14.3. The SMILES string of the molecule is CCOc1ncccc1-c1ccc2c(n1)CN(C1CCNC1)C(=O)C21CCN(c2cccc(Cl)c2C(F)(F)F)CC1.O=CO. The lowest BCUT2D eigenvalue weighted by Crippen LogP contribution is -2.58. The predicted molar refractivity (Wildman–Crippen MR) is 159 cm³/mol. The second-order valence-electron chi connectivity index (χ2n) is 10.9. The van der Waals surface area contributed by atoms with Gasteiger partial charge in [0.25, 0.3) is 6.47 Å². The smallest absolute Gasteiger partial charge is 0.419 e. The summed E-state index contributed by atoms with van der Waals surface area (Å²) in [7, 11) is 0. The summed E-state index contributed by atoms with van der Waals surface area (Å²) in [6, 6.07) is 11.9. The number of piperidine rings is 1. The van der Waals surface area contributed by atoms with Crippen LogP contribution in [0.25, 0.3) is 11.3 Å². The normalized spacial score (nSPS) is 19.3. The van der Waals surface area contributed by atoms with Crippen LogP contribution in [-0.2, 0) is 27.7 Å². The Morgan fingerprint density at radius 1 is 1.18 bits per heavy atom. The molecule has 0 radical (unpaired) electrons. The highest BCUT2D eigenvalue weighted by atomic mass is 35.5. The fourth-order valence-electron chi connectivity index (χ4n) is 6.54. The van der Waals surface area contributed by atoms with E-state index in [2.05, 4.69) is 10.3 Å². The van der Waals surface area contributed by atoms with Crippen molar-refractivity contribution in [1.82, 2.24) is 20.2 Å². The van der Waals surface area contributed by atoms with Crippen LogP contribution in [0.15, 0.2) is 48.7 Å². The minimum atomic E-state index is -4.59. The molecule has 1 amide bonds. The number of carbonyl (C=O) groups excluding carboxylic acids is 1. The molecule has 3 aliphatic heterocycles. The molecule has 0 bridgehead atoms. The number of nitrogens with one attached hydrogen (secondary N) is 1. The maximum Gasteiger partial charge on any atom is 0.419 e. The lowest BCUT2D eigenvalue weighted by Gasteiger charge is -2.49. The quantitative estimate of drug-likeness (QED) is 0.372. The molecule has 2 saturated heterocycles. The lowest BCUT2D eigenvalue weighted by atomic mass is 9.68. The van der Waals surface area contributed by atoms with Gasteiger partial charge in [0.05, 0.1) is 51.8 Å². The summed E-state index contributed by atoms with van der Waals surface area (Å²) < 4.78 is 47.6. The summed E-state index contributed by atoms with van der Waals surface area (Å²) in [6.07, 6.45) is -1.32. The van der Waals surface area contributed by atoms with Crippen molar-refractivity contribution in [1.29, 1.82) is 0 Å². The average Bonchev–Trinajstić information content (AvgIpc) is 3.54. The number of halogens is 4. The number of pyridine rings is 2. The van der Waals surface area contributed by atoms with E-state index in [0.717, 1.165) is 29.8 Å². The molecule has 2 aromatic heterocycles. The van der Waals surface area contributed by atoms with Crippen LogP contribution in [0, 0.1) is 0 Å². The molecule has 1 spiro atoms. The van der Waals surface area contributed by atoms with Gasteiger partial charge in [0.1, 0.15) is 0 Å². The van der Waals surface area contributed by atoms with Crippen molar-refractivity contribution in [2.45, 2.75) is 50.4 Å². The molecule has 0 aliphatic carbocycles. The number of fused-ring (bicyclic) bond motifs is 2. The van der Waals surface area contributed by atoms with Crippen LogP contribution in [0.3, 0.4) is 0 Å². The van der Waals surface area contributed by atoms with Gasteiger partial charge in [0.2, 0.25) is 11.8 Å². The van der Waals surface area contributed by atoms with Crippen LogP contribution in [0.4, 0.5) is 18.9 Å². The molecule has 13 heteroatoms. The van der Waals surface area contributed by atoms with Crippen LogP contribution < -0.4 is 15.0 Å². The van der Waals surface area contributed by atoms with E-state index in [9.17, 15) is 18.0 Å². The number of ether oxygens (including phenoxy) is 1. The van der Waals surface area contributed by atoms with E-state index in [4.69, 9.17) is 31.2 Å². The van der Waals surface area contributed by atoms with Crippen LogP contribution in [0.5, 0.6) is 5.88 Å². The van der Waals surface area contributed by atoms with Gasteiger partial charge in [-0.3, -0.25) is 14.6 Å². The van der Waals surface area contributed by atoms with Crippen molar-refractivity contribution in [3.05, 3.63) is 70.5 Å². The van der Waals surface area contributed by atoms with Gasteiger partial charge in [-0.2, -0.15) is 13.2 Å². The van der Waals surface area contributed by atoms with Crippen molar-refractivity contribution in [3.8, 4) is 17.1 Å². The molecule has 9 nitrogen and oxygen atoms in total. The Hall–Kier alpha value is -3.90. The average molecular weight is 632 g/mol. The highest BCUT2D eigenvalue weighted by Crippen LogP contribution is 2.47. The Kier molecular flexibility index (Phi) is 9.31. The summed E-state index contributed by atoms with van der Waals surface area (Å²) in [5.41, 5.74) is 1.50. The molecular weight excluding hydrogens is 599 g/mol. The molecule has 3 aromatic rings. The second kappa shape index (κ2) is 13.0. The van der Waals surface area contributed by atoms with Crippen molar-refractivity contribution < 1.29 is 32.6 Å². The van der Waals surface area contributed by atoms with Crippen LogP contribution in [0.2, 0.25) is 5.02 Å². The van der Waals surface area contributed by atoms with Gasteiger partial charge in [-0.05, 0) is 68.6 Å². The Morgan fingerprint density at radius 3 is 2.59 bits per heavy atom. The lowest BCUT2D eigenvalue weighted by molar-refractivity contribution is -0.143. The third-order valence-electron chi connectivity index (χ3n) is 8.52. The third-order valence-corrected chi connectivity index (χ3v) is 8.83. The molecule has 1 unspecified atom stereocenters. The van der Waals surface area contributed by atoms with Gasteiger partial charge in [0, 0.05) is 31.9 Å². The zero-order valence-electron chi connectivity index (χ0n) is 24.1. The van der Waals surface area contributed by atoms with Gasteiger partial charge in [0.15, 0.2) is 0 Å². The molecule has 5 heterocycles. The van der Waals surface area contributed by atoms with E-state index in [0.29, 0.717) is 44.1 Å². The second-order valence-corrected chi connectivity index (χ2v) is 11.3. The van der Waals surface area contributed by atoms with E-state index < -0.39 is 17.2 Å². The summed E-state index contributed by atoms with van der Waals surface area (Å²) in [5, 5.41) is 9.91. The first-order valence-electron chi connectivity index (χ1n) is 14.4. The number of benzene rings is 1. The topological polar surface area (TPSA) is 108 Å². The molecule has 0 saturated carbocycles. The summed E-state index contributed by atoms with van der Waals surface area (Å²) in [4.78, 5) is 35.7. The number of nitrogens with zero attached hydrogens (tertiary/aromatic N) is 4. The Balaban J connectivity index is 0.00000123. The number of amides is 1. The number of alkyl halides is 3. The number of hydrogen-bond acceptors (Lipinski definition) is 7. The van der Waals surface area contributed by atoms with Gasteiger partial charge in [-0.15, -0.1) is 0 Å². The molecule has 234 valence electrons. The third kappa shape index (κ3) is 5.92. The first-order valence-corrected chi connectivity index (χ1v) is 14.8. The van der Waals surface area contributed by atoms with E-state index in [-0.39, 0.29) is 42.2 Å². The first-order chi connectivity index (χ1) is 21.1. The number of anilines is 1. The maximum absolute atomic E-state index is 14.3. The van der Waals surface area contributed by atoms with Gasteiger partial charge < -0.3 is 25.0 Å². The van der Waals surface area contributed by atoms with Crippen molar-refractivity contribution in [2.75, 3.05) is 37.7 Å². The number of aromatic nitrogens is 2. The number of carboxylic acid groups (broad SMARTS) is 1. The van der Waals surface area contributed by atoms with Gasteiger partial charge in [-0.25, -0.2) is 4.98 Å². The van der Waals surface area contributed by atoms with Gasteiger partial charge >= 0.3 is 6.18 Å². The Morgan fingerprint density at radius 2 is 1.93 bits per heavy atom. The summed E-state index contributed by atoms with van der Waals surface area (Å²) in [6.45, 7) is 4.60. The highest BCUT2D eigenvalue weighted by molar-refractivity contribution is 6.31. The Labute approximate surface area is 258 Å². The summed E-state index contributed by atoms with van der Waals surface area (Å²) in [5.74, 6) is 0.530. The van der Waals surface area contributed by atoms with Crippen LogP contribution in [0.1, 0.15) is 43.0 Å². The zero-order chi connectivity index (χ0) is 31.5. The predicted octanol–water partition coefficient (Wildman–Crippen LogP) is 5.16. The molecule has 2 N–H and O–H groups in total. The number of hydrogen-bond donors (Lipinski definition) is 2. The minimum Gasteiger partial charge on any atom is -0.483 e. The largest absolute Gasteiger partial charge is 0.483 e. The molecule has 1 aromatic carbocycles. The van der Waals surface area contributed by atoms with Crippen LogP contribution in [-0.4, -0.2) is 71.2 Å². The fraction of sp³-hybridized carbons (Fsp3) is 0.419. The van der Waals surface area contributed by atoms with E-state index >= 15 is 0 Å². The molecule has 6 rings (SSSR count). The highest BCUT2D eigenvalue weighted by Gasteiger charge is 2.51. The minimum absolute atomic E-state index is 0.0337. The van der Waals surface area contributed by atoms with E-state index in [1.165, 1.54) is 18.2 Å². The van der Waals surface area contributed by atoms with Crippen molar-refractivity contribution >= 4 is 29.7 Å². The summed E-state index contributed by atoms with van der Waals surface area (Å²) >= 11 is 6.02. The van der Waals surface area contributed by atoms with E-state index in [1.54, 1.807) is 11.1 Å². The molecular formula is C31H33ClF3N5O4. The zero-order valence-corrected chi connectivity index (χ0v) is 24.9. The molecule has 1 atom stereocenters. The molecule has 44 heavy (non-hydrogen) atoms. The van der Waals surface area contributed by atoms with Crippen molar-refractivity contribution in [2.24, 2.45) is 0 Å². The standard InChI is InChI=1S/C30H31ClF3N5O2.CH2O2/c1-2-41-27-20(5-4-13-36-27)23-9-8-21-24(37-23)18-39(19-10-14-35-17-19)28(40)29(21)11-15-38(16-12-29)25-7-3-6-22(31)26(25)30(32,33)34;2-1-3/h3-9,13,19,35H,2,10-12,14-18H2,1H3;1H,(H,2,3). The number of carbonyl (C=O) groups is 2. The molecule has 3 aliphatic rings. The van der Waals surface area contributed by atoms with Crippen LogP contribution >= 0.6 is 11.6 Å². The van der Waals surface area contributed by atoms with Gasteiger partial charge in [-0.1, -0.05) is 23.7 Å². The monoisotopic (exact) mass is 631 g/mol. The van der Waals surface area contributed by atoms with E-state index in [1.807, 2.05) is 36.1 Å². The Bertz CT molecular complexity index is 1510. The number of rotatable bonds is 5. The molecule has 2 fully saturated rings. The van der Waals surface area contributed by atoms with Crippen molar-refractivity contribution in [3.63, 3.8) is 0 Å². The first kappa shape index (κ1) is 31.5.